The summed E-state index contributed by atoms with van der Waals surface area (Å²) in [7, 11) is 1.84. The van der Waals surface area contributed by atoms with Crippen LogP contribution in [-0.2, 0) is 7.05 Å². The Bertz CT molecular complexity index is 373. The highest BCUT2D eigenvalue weighted by Crippen LogP contribution is 1.82. The lowest BCUT2D eigenvalue weighted by Gasteiger charge is -1.91. The molecular formula is C8H11N3. The van der Waals surface area contributed by atoms with Crippen molar-refractivity contribution in [2.45, 2.75) is 0 Å². The molecule has 0 unspecified atom stereocenters. The van der Waals surface area contributed by atoms with E-state index in [1.165, 1.54) is 0 Å². The average molecular weight is 149 g/mol. The van der Waals surface area contributed by atoms with Crippen LogP contribution in [-0.4, -0.2) is 9.55 Å². The van der Waals surface area contributed by atoms with E-state index in [4.69, 9.17) is 5.73 Å². The van der Waals surface area contributed by atoms with E-state index in [1.807, 2.05) is 13.1 Å². The molecule has 3 nitrogen and oxygen atoms in total. The van der Waals surface area contributed by atoms with Gasteiger partial charge >= 0.3 is 0 Å². The van der Waals surface area contributed by atoms with Crippen molar-refractivity contribution in [2.24, 2.45) is 7.05 Å². The van der Waals surface area contributed by atoms with Crippen molar-refractivity contribution in [1.29, 1.82) is 0 Å². The minimum Gasteiger partial charge on any atom is -0.369 e. The van der Waals surface area contributed by atoms with Gasteiger partial charge in [0.15, 0.2) is 0 Å². The van der Waals surface area contributed by atoms with E-state index >= 15 is 0 Å². The number of hydrogen-bond donors (Lipinski definition) is 1. The number of anilines is 1. The van der Waals surface area contributed by atoms with Crippen LogP contribution in [0.25, 0.3) is 12.7 Å². The van der Waals surface area contributed by atoms with Crippen molar-refractivity contribution < 1.29 is 0 Å². The van der Waals surface area contributed by atoms with E-state index in [2.05, 4.69) is 18.1 Å². The van der Waals surface area contributed by atoms with Gasteiger partial charge in [0.1, 0.15) is 0 Å². The van der Waals surface area contributed by atoms with Crippen molar-refractivity contribution >= 4 is 18.6 Å². The van der Waals surface area contributed by atoms with Gasteiger partial charge in [0, 0.05) is 7.05 Å². The van der Waals surface area contributed by atoms with E-state index in [0.29, 0.717) is 11.3 Å². The quantitative estimate of drug-likeness (QED) is 0.578. The van der Waals surface area contributed by atoms with Gasteiger partial charge in [0.2, 0.25) is 5.95 Å². The number of nitrogen functional groups attached to an aromatic ring is 1. The molecule has 58 valence electrons. The summed E-state index contributed by atoms with van der Waals surface area (Å²) in [5.41, 5.74) is 5.53. The lowest BCUT2D eigenvalue weighted by molar-refractivity contribution is 0.896. The average Bonchev–Trinajstić information content (AvgIpc) is 2.17. The van der Waals surface area contributed by atoms with Gasteiger partial charge in [-0.15, -0.1) is 0 Å². The summed E-state index contributed by atoms with van der Waals surface area (Å²) in [6.07, 6.45) is 3.51. The minimum absolute atomic E-state index is 0.475. The molecule has 1 heterocycles. The van der Waals surface area contributed by atoms with Gasteiger partial charge in [-0.3, -0.25) is 0 Å². The Labute approximate surface area is 65.2 Å². The topological polar surface area (TPSA) is 43.8 Å². The Morgan fingerprint density at radius 3 is 2.64 bits per heavy atom. The van der Waals surface area contributed by atoms with Crippen LogP contribution in [0.1, 0.15) is 0 Å². The number of allylic oxidation sites excluding steroid dienone is 1. The summed E-state index contributed by atoms with van der Waals surface area (Å²) in [4.78, 5) is 3.98. The van der Waals surface area contributed by atoms with Crippen molar-refractivity contribution in [3.05, 3.63) is 23.4 Å². The van der Waals surface area contributed by atoms with Crippen molar-refractivity contribution in [2.75, 3.05) is 5.73 Å². The second-order valence-corrected chi connectivity index (χ2v) is 2.26. The van der Waals surface area contributed by atoms with E-state index in [9.17, 15) is 0 Å². The van der Waals surface area contributed by atoms with Crippen molar-refractivity contribution in [1.82, 2.24) is 9.55 Å². The third-order valence-corrected chi connectivity index (χ3v) is 1.53. The maximum absolute atomic E-state index is 5.53. The van der Waals surface area contributed by atoms with E-state index in [0.717, 1.165) is 5.35 Å². The van der Waals surface area contributed by atoms with Crippen LogP contribution < -0.4 is 16.4 Å². The fraction of sp³-hybridized carbons (Fsp3) is 0.125. The highest BCUT2D eigenvalue weighted by Gasteiger charge is 1.95. The Morgan fingerprint density at radius 1 is 1.64 bits per heavy atom. The molecule has 0 saturated heterocycles. The van der Waals surface area contributed by atoms with Crippen molar-refractivity contribution in [3.8, 4) is 0 Å². The summed E-state index contributed by atoms with van der Waals surface area (Å²) >= 11 is 0. The third kappa shape index (κ3) is 1.17. The summed E-state index contributed by atoms with van der Waals surface area (Å²) in [5.74, 6) is 0.475. The number of hydrogen-bond acceptors (Lipinski definition) is 2. The molecule has 0 fully saturated rings. The number of aromatic nitrogens is 2. The molecule has 0 atom stereocenters. The van der Waals surface area contributed by atoms with Crippen LogP contribution in [0.4, 0.5) is 5.95 Å². The van der Waals surface area contributed by atoms with Gasteiger partial charge < -0.3 is 10.3 Å². The second kappa shape index (κ2) is 2.62. The summed E-state index contributed by atoms with van der Waals surface area (Å²) < 4.78 is 1.77. The smallest absolute Gasteiger partial charge is 0.200 e. The molecular weight excluding hydrogens is 138 g/mol. The number of imidazole rings is 1. The monoisotopic (exact) mass is 149 g/mol. The van der Waals surface area contributed by atoms with Gasteiger partial charge in [0.05, 0.1) is 10.7 Å². The van der Waals surface area contributed by atoms with Crippen LogP contribution in [0.3, 0.4) is 0 Å². The molecule has 2 N–H and O–H groups in total. The predicted octanol–water partition coefficient (Wildman–Crippen LogP) is -0.621. The highest BCUT2D eigenvalue weighted by molar-refractivity contribution is 5.35. The van der Waals surface area contributed by atoms with E-state index < -0.39 is 0 Å². The Balaban J connectivity index is 3.59. The molecule has 1 aromatic heterocycles. The number of nitrogens with zero attached hydrogens (tertiary/aromatic N) is 2. The first-order valence-electron chi connectivity index (χ1n) is 3.26. The fourth-order valence-corrected chi connectivity index (χ4v) is 0.907. The first-order chi connectivity index (χ1) is 5.16. The molecule has 0 radical (unpaired) electrons. The van der Waals surface area contributed by atoms with Crippen molar-refractivity contribution in [3.63, 3.8) is 0 Å². The normalized spacial score (nSPS) is 11.9. The van der Waals surface area contributed by atoms with Gasteiger partial charge in [-0.1, -0.05) is 19.2 Å². The summed E-state index contributed by atoms with van der Waals surface area (Å²) in [5, 5.41) is 1.59. The largest absolute Gasteiger partial charge is 0.369 e. The van der Waals surface area contributed by atoms with E-state index in [1.54, 1.807) is 10.6 Å². The molecule has 3 heteroatoms. The minimum atomic E-state index is 0.475. The first-order valence-corrected chi connectivity index (χ1v) is 3.26. The lowest BCUT2D eigenvalue weighted by atomic mass is 10.5. The zero-order valence-electron chi connectivity index (χ0n) is 6.54. The molecule has 0 aliphatic carbocycles. The standard InChI is InChI=1S/C8H11N3/c1-4-5-7-6(2)10-8(9)11(7)3/h4-5H,1-2H2,3H3,(H2,9,10)/b7-5+. The zero-order chi connectivity index (χ0) is 8.43. The van der Waals surface area contributed by atoms with Crippen LogP contribution >= 0.6 is 0 Å². The van der Waals surface area contributed by atoms with Crippen LogP contribution in [0.2, 0.25) is 0 Å². The lowest BCUT2D eigenvalue weighted by Crippen LogP contribution is -2.27. The molecule has 0 saturated carbocycles. The predicted molar refractivity (Wildman–Crippen MR) is 47.1 cm³/mol. The molecule has 0 aliphatic rings. The maximum Gasteiger partial charge on any atom is 0.200 e. The SMILES string of the molecule is C=C/C=c1\c(=C)nc(N)n1C. The number of rotatable bonds is 1. The molecule has 1 aromatic rings. The molecule has 0 aromatic carbocycles. The first kappa shape index (κ1) is 7.60. The van der Waals surface area contributed by atoms with Crippen LogP contribution in [0.15, 0.2) is 12.7 Å². The third-order valence-electron chi connectivity index (χ3n) is 1.53. The summed E-state index contributed by atoms with van der Waals surface area (Å²) in [6.45, 7) is 7.31. The molecule has 0 amide bonds. The molecule has 0 spiro atoms. The molecule has 11 heavy (non-hydrogen) atoms. The Hall–Kier alpha value is -1.51. The van der Waals surface area contributed by atoms with Gasteiger partial charge in [0.25, 0.3) is 0 Å². The maximum atomic E-state index is 5.53. The molecule has 0 bridgehead atoms. The summed E-state index contributed by atoms with van der Waals surface area (Å²) in [6, 6.07) is 0. The van der Waals surface area contributed by atoms with E-state index in [-0.39, 0.29) is 0 Å². The molecule has 1 rings (SSSR count). The Kier molecular flexibility index (Phi) is 1.81. The van der Waals surface area contributed by atoms with Crippen LogP contribution in [0, 0.1) is 0 Å². The van der Waals surface area contributed by atoms with Gasteiger partial charge in [-0.05, 0) is 6.08 Å². The van der Waals surface area contributed by atoms with Gasteiger partial charge in [-0.2, -0.15) is 0 Å². The zero-order valence-corrected chi connectivity index (χ0v) is 6.54. The van der Waals surface area contributed by atoms with Gasteiger partial charge in [-0.25, -0.2) is 4.98 Å². The highest BCUT2D eigenvalue weighted by atomic mass is 15.1. The second-order valence-electron chi connectivity index (χ2n) is 2.26. The fourth-order valence-electron chi connectivity index (χ4n) is 0.907. The van der Waals surface area contributed by atoms with Crippen LogP contribution in [0.5, 0.6) is 0 Å². The molecule has 0 aliphatic heterocycles. The Morgan fingerprint density at radius 2 is 2.27 bits per heavy atom. The number of nitrogens with two attached hydrogens (primary N) is 1.